The summed E-state index contributed by atoms with van der Waals surface area (Å²) in [6.07, 6.45) is 0. The first-order valence-electron chi connectivity index (χ1n) is 8.02. The van der Waals surface area contributed by atoms with Crippen LogP contribution in [0, 0.1) is 0 Å². The fourth-order valence-corrected chi connectivity index (χ4v) is 2.99. The molecule has 0 atom stereocenters. The summed E-state index contributed by atoms with van der Waals surface area (Å²) in [5.74, 6) is 2.00. The minimum absolute atomic E-state index is 0. The molecule has 0 aliphatic heterocycles. The normalized spacial score (nSPS) is 12.2. The van der Waals surface area contributed by atoms with E-state index >= 15 is 0 Å². The number of rotatable bonds is 7. The van der Waals surface area contributed by atoms with Crippen LogP contribution in [0.4, 0.5) is 0 Å². The Labute approximate surface area is 173 Å². The number of sulfone groups is 1. The van der Waals surface area contributed by atoms with Crippen LogP contribution in [-0.4, -0.2) is 52.7 Å². The third-order valence-electron chi connectivity index (χ3n) is 3.76. The molecule has 9 heteroatoms. The summed E-state index contributed by atoms with van der Waals surface area (Å²) < 4.78 is 34.0. The van der Waals surface area contributed by atoms with E-state index in [0.717, 1.165) is 11.3 Å². The fourth-order valence-electron chi connectivity index (χ4n) is 2.01. The van der Waals surface area contributed by atoms with Crippen molar-refractivity contribution in [2.24, 2.45) is 4.99 Å². The molecule has 0 aromatic heterocycles. The van der Waals surface area contributed by atoms with Crippen molar-refractivity contribution in [2.45, 2.75) is 32.1 Å². The van der Waals surface area contributed by atoms with Gasteiger partial charge in [-0.15, -0.1) is 24.0 Å². The molecule has 0 amide bonds. The lowest BCUT2D eigenvalue weighted by Crippen LogP contribution is -2.41. The van der Waals surface area contributed by atoms with Crippen molar-refractivity contribution >= 4 is 39.8 Å². The first kappa shape index (κ1) is 24.8. The van der Waals surface area contributed by atoms with E-state index in [0.29, 0.717) is 24.8 Å². The summed E-state index contributed by atoms with van der Waals surface area (Å²) in [6, 6.07) is 5.57. The van der Waals surface area contributed by atoms with Gasteiger partial charge in [0.15, 0.2) is 15.8 Å². The Hall–Kier alpha value is -1.23. The van der Waals surface area contributed by atoms with Gasteiger partial charge in [0.05, 0.1) is 24.7 Å². The molecule has 0 saturated carbocycles. The second-order valence-electron chi connectivity index (χ2n) is 6.46. The Kier molecular flexibility index (Phi) is 10.3. The van der Waals surface area contributed by atoms with Crippen LogP contribution in [0.15, 0.2) is 23.2 Å². The van der Waals surface area contributed by atoms with Crippen LogP contribution in [0.5, 0.6) is 11.5 Å². The van der Waals surface area contributed by atoms with Gasteiger partial charge >= 0.3 is 0 Å². The number of hydrogen-bond donors (Lipinski definition) is 2. The van der Waals surface area contributed by atoms with Crippen molar-refractivity contribution in [3.8, 4) is 11.5 Å². The van der Waals surface area contributed by atoms with E-state index in [1.54, 1.807) is 42.0 Å². The summed E-state index contributed by atoms with van der Waals surface area (Å²) in [6.45, 7) is 5.87. The van der Waals surface area contributed by atoms with E-state index in [2.05, 4.69) is 15.6 Å². The first-order chi connectivity index (χ1) is 11.6. The van der Waals surface area contributed by atoms with Crippen molar-refractivity contribution in [3.05, 3.63) is 23.8 Å². The monoisotopic (exact) mass is 499 g/mol. The Morgan fingerprint density at radius 1 is 1.15 bits per heavy atom. The van der Waals surface area contributed by atoms with E-state index in [1.165, 1.54) is 0 Å². The van der Waals surface area contributed by atoms with Gasteiger partial charge in [-0.2, -0.15) is 0 Å². The van der Waals surface area contributed by atoms with Gasteiger partial charge in [-0.3, -0.25) is 4.99 Å². The molecule has 2 N–H and O–H groups in total. The molecule has 0 saturated heterocycles. The highest BCUT2D eigenvalue weighted by Crippen LogP contribution is 2.24. The molecule has 0 heterocycles. The SMILES string of the molecule is CN=C(NCCS(=O)(=O)C(C)(C)C)NCc1ccc(OC)cc1OC.I. The van der Waals surface area contributed by atoms with Crippen LogP contribution in [0.25, 0.3) is 0 Å². The van der Waals surface area contributed by atoms with E-state index in [1.807, 2.05) is 18.2 Å². The topological polar surface area (TPSA) is 89.0 Å². The molecule has 0 unspecified atom stereocenters. The Balaban J connectivity index is 0.00000625. The molecule has 0 aliphatic rings. The summed E-state index contributed by atoms with van der Waals surface area (Å²) in [5, 5.41) is 6.17. The predicted molar refractivity (Wildman–Crippen MR) is 117 cm³/mol. The molecule has 0 aliphatic carbocycles. The van der Waals surface area contributed by atoms with Crippen LogP contribution in [0.1, 0.15) is 26.3 Å². The van der Waals surface area contributed by atoms with Gasteiger partial charge in [0.2, 0.25) is 0 Å². The molecular weight excluding hydrogens is 469 g/mol. The summed E-state index contributed by atoms with van der Waals surface area (Å²) in [7, 11) is 1.67. The highest BCUT2D eigenvalue weighted by molar-refractivity contribution is 14.0. The second-order valence-corrected chi connectivity index (χ2v) is 9.32. The number of hydrogen-bond acceptors (Lipinski definition) is 5. The number of nitrogens with one attached hydrogen (secondary N) is 2. The average molecular weight is 499 g/mol. The number of guanidine groups is 1. The van der Waals surface area contributed by atoms with E-state index in [4.69, 9.17) is 9.47 Å². The highest BCUT2D eigenvalue weighted by atomic mass is 127. The standard InChI is InChI=1S/C17H29N3O4S.HI/c1-17(2,3)25(21,22)10-9-19-16(18-4)20-12-13-7-8-14(23-5)11-15(13)24-6;/h7-8,11H,9-10,12H2,1-6H3,(H2,18,19,20);1H. The maximum Gasteiger partial charge on any atom is 0.191 e. The molecule has 150 valence electrons. The van der Waals surface area contributed by atoms with Gasteiger partial charge in [0.1, 0.15) is 11.5 Å². The Morgan fingerprint density at radius 3 is 2.31 bits per heavy atom. The van der Waals surface area contributed by atoms with E-state index in [-0.39, 0.29) is 29.7 Å². The van der Waals surface area contributed by atoms with Crippen molar-refractivity contribution in [2.75, 3.05) is 33.6 Å². The lowest BCUT2D eigenvalue weighted by atomic mass is 10.2. The van der Waals surface area contributed by atoms with E-state index < -0.39 is 14.6 Å². The second kappa shape index (κ2) is 10.8. The molecular formula is C17H30IN3O4S. The van der Waals surface area contributed by atoms with Crippen molar-refractivity contribution in [1.82, 2.24) is 10.6 Å². The first-order valence-corrected chi connectivity index (χ1v) is 9.67. The molecule has 1 rings (SSSR count). The van der Waals surface area contributed by atoms with Gasteiger partial charge in [-0.25, -0.2) is 8.42 Å². The van der Waals surface area contributed by atoms with Gasteiger partial charge in [-0.1, -0.05) is 0 Å². The van der Waals surface area contributed by atoms with E-state index in [9.17, 15) is 8.42 Å². The van der Waals surface area contributed by atoms with Crippen molar-refractivity contribution < 1.29 is 17.9 Å². The van der Waals surface area contributed by atoms with Crippen LogP contribution < -0.4 is 20.1 Å². The van der Waals surface area contributed by atoms with Crippen molar-refractivity contribution in [3.63, 3.8) is 0 Å². The summed E-state index contributed by atoms with van der Waals surface area (Å²) in [4.78, 5) is 4.11. The third kappa shape index (κ3) is 7.18. The molecule has 0 radical (unpaired) electrons. The van der Waals surface area contributed by atoms with Crippen LogP contribution in [-0.2, 0) is 16.4 Å². The summed E-state index contributed by atoms with van der Waals surface area (Å²) >= 11 is 0. The lowest BCUT2D eigenvalue weighted by Gasteiger charge is -2.20. The molecule has 1 aromatic carbocycles. The molecule has 1 aromatic rings. The van der Waals surface area contributed by atoms with Gasteiger partial charge in [-0.05, 0) is 32.9 Å². The fraction of sp³-hybridized carbons (Fsp3) is 0.588. The maximum atomic E-state index is 12.1. The highest BCUT2D eigenvalue weighted by Gasteiger charge is 2.28. The predicted octanol–water partition coefficient (Wildman–Crippen LogP) is 2.20. The number of benzene rings is 1. The third-order valence-corrected chi connectivity index (χ3v) is 6.37. The zero-order chi connectivity index (χ0) is 19.1. The minimum Gasteiger partial charge on any atom is -0.497 e. The number of ether oxygens (including phenoxy) is 2. The van der Waals surface area contributed by atoms with Crippen molar-refractivity contribution in [1.29, 1.82) is 0 Å². The van der Waals surface area contributed by atoms with Crippen LogP contribution in [0.3, 0.4) is 0 Å². The Morgan fingerprint density at radius 2 is 1.81 bits per heavy atom. The zero-order valence-electron chi connectivity index (χ0n) is 16.3. The van der Waals surface area contributed by atoms with Gasteiger partial charge in [0, 0.05) is 31.8 Å². The molecule has 0 fully saturated rings. The molecule has 0 bridgehead atoms. The van der Waals surface area contributed by atoms with Crippen LogP contribution >= 0.6 is 24.0 Å². The summed E-state index contributed by atoms with van der Waals surface area (Å²) in [5.41, 5.74) is 0.938. The number of halogens is 1. The molecule has 0 spiro atoms. The minimum atomic E-state index is -3.17. The lowest BCUT2D eigenvalue weighted by molar-refractivity contribution is 0.390. The number of aliphatic imine (C=N–C) groups is 1. The smallest absolute Gasteiger partial charge is 0.191 e. The number of nitrogens with zero attached hydrogens (tertiary/aromatic N) is 1. The zero-order valence-corrected chi connectivity index (χ0v) is 19.4. The molecule has 7 nitrogen and oxygen atoms in total. The van der Waals surface area contributed by atoms with Gasteiger partial charge in [0.25, 0.3) is 0 Å². The van der Waals surface area contributed by atoms with Crippen LogP contribution in [0.2, 0.25) is 0 Å². The van der Waals surface area contributed by atoms with Gasteiger partial charge < -0.3 is 20.1 Å². The quantitative estimate of drug-likeness (QED) is 0.340. The average Bonchev–Trinajstić information content (AvgIpc) is 2.56. The number of methoxy groups -OCH3 is 2. The largest absolute Gasteiger partial charge is 0.497 e. The molecule has 26 heavy (non-hydrogen) atoms. The maximum absolute atomic E-state index is 12.1. The Bertz CT molecular complexity index is 700.